The fourth-order valence-electron chi connectivity index (χ4n) is 4.77. The maximum absolute atomic E-state index is 13.3. The number of rotatable bonds is 7. The van der Waals surface area contributed by atoms with Gasteiger partial charge in [-0.15, -0.1) is 0 Å². The molecule has 2 heterocycles. The molecule has 1 aromatic rings. The summed E-state index contributed by atoms with van der Waals surface area (Å²) in [6.07, 6.45) is 1.37. The molecule has 34 heavy (non-hydrogen) atoms. The molecule has 188 valence electrons. The number of morpholine rings is 1. The lowest BCUT2D eigenvalue weighted by Gasteiger charge is -2.40. The fourth-order valence-corrected chi connectivity index (χ4v) is 4.77. The number of hydrogen-bond acceptors (Lipinski definition) is 5. The Morgan fingerprint density at radius 3 is 2.15 bits per heavy atom. The molecule has 0 bridgehead atoms. The highest BCUT2D eigenvalue weighted by molar-refractivity contribution is 5.97. The summed E-state index contributed by atoms with van der Waals surface area (Å²) in [4.78, 5) is 42.8. The van der Waals surface area contributed by atoms with Crippen molar-refractivity contribution in [2.75, 3.05) is 32.8 Å². The van der Waals surface area contributed by atoms with E-state index in [9.17, 15) is 14.4 Å². The number of nitrogens with zero attached hydrogens (tertiary/aromatic N) is 2. The van der Waals surface area contributed by atoms with Gasteiger partial charge in [0.15, 0.2) is 0 Å². The van der Waals surface area contributed by atoms with E-state index < -0.39 is 6.04 Å². The zero-order valence-electron chi connectivity index (χ0n) is 21.1. The van der Waals surface area contributed by atoms with Crippen molar-refractivity contribution in [1.82, 2.24) is 15.1 Å². The number of carbonyl (C=O) groups is 3. The van der Waals surface area contributed by atoms with Gasteiger partial charge in [0.2, 0.25) is 11.8 Å². The van der Waals surface area contributed by atoms with Crippen molar-refractivity contribution in [3.05, 3.63) is 29.8 Å². The summed E-state index contributed by atoms with van der Waals surface area (Å²) in [6.45, 7) is 12.6. The third-order valence-corrected chi connectivity index (χ3v) is 6.53. The highest BCUT2D eigenvalue weighted by Crippen LogP contribution is 2.23. The van der Waals surface area contributed by atoms with Gasteiger partial charge in [-0.1, -0.05) is 13.8 Å². The number of amides is 3. The molecule has 0 saturated carbocycles. The van der Waals surface area contributed by atoms with E-state index >= 15 is 0 Å². The Labute approximate surface area is 202 Å². The van der Waals surface area contributed by atoms with Crippen LogP contribution in [0.15, 0.2) is 24.3 Å². The highest BCUT2D eigenvalue weighted by atomic mass is 16.5. The topological polar surface area (TPSA) is 88.2 Å². The molecular formula is C26H39N3O5. The van der Waals surface area contributed by atoms with E-state index in [4.69, 9.17) is 9.47 Å². The number of nitrogens with one attached hydrogen (secondary N) is 1. The number of likely N-dealkylation sites (tertiary alicyclic amines) is 1. The summed E-state index contributed by atoms with van der Waals surface area (Å²) >= 11 is 0. The number of piperidine rings is 1. The zero-order valence-corrected chi connectivity index (χ0v) is 21.1. The van der Waals surface area contributed by atoms with Crippen LogP contribution in [0.3, 0.4) is 0 Å². The Hall–Kier alpha value is -2.61. The van der Waals surface area contributed by atoms with E-state index in [1.807, 2.05) is 39.5 Å². The first-order valence-electron chi connectivity index (χ1n) is 12.5. The minimum atomic E-state index is -0.618. The lowest BCUT2D eigenvalue weighted by atomic mass is 9.93. The van der Waals surface area contributed by atoms with Crippen molar-refractivity contribution in [2.24, 2.45) is 11.8 Å². The van der Waals surface area contributed by atoms with E-state index in [0.29, 0.717) is 56.9 Å². The van der Waals surface area contributed by atoms with Crippen molar-refractivity contribution in [3.63, 3.8) is 0 Å². The quantitative estimate of drug-likeness (QED) is 0.658. The summed E-state index contributed by atoms with van der Waals surface area (Å²) in [6, 6.07) is 6.29. The Balaban J connectivity index is 1.56. The molecule has 0 aliphatic carbocycles. The third-order valence-electron chi connectivity index (χ3n) is 6.53. The minimum absolute atomic E-state index is 0.0418. The molecular weight excluding hydrogens is 434 g/mol. The third kappa shape index (κ3) is 6.50. The molecule has 1 aromatic carbocycles. The normalized spacial score (nSPS) is 22.4. The van der Waals surface area contributed by atoms with E-state index in [1.165, 1.54) is 0 Å². The molecule has 2 saturated heterocycles. The fraction of sp³-hybridized carbons (Fsp3) is 0.654. The standard InChI is InChI=1S/C26H39N3O5/c1-6-33-22-9-7-20(8-10-22)24(30)27-23(17(2)3)26(32)28-13-11-21(12-14-28)25(31)29-15-18(4)34-19(5)16-29/h7-10,17-19,21,23H,6,11-16H2,1-5H3,(H,27,30). The molecule has 3 unspecified atom stereocenters. The van der Waals surface area contributed by atoms with E-state index in [2.05, 4.69) is 5.32 Å². The Morgan fingerprint density at radius 2 is 1.62 bits per heavy atom. The molecule has 0 radical (unpaired) electrons. The van der Waals surface area contributed by atoms with E-state index in [0.717, 1.165) is 0 Å². The van der Waals surface area contributed by atoms with E-state index in [1.54, 1.807) is 29.2 Å². The number of benzene rings is 1. The van der Waals surface area contributed by atoms with Crippen molar-refractivity contribution in [1.29, 1.82) is 0 Å². The predicted molar refractivity (Wildman–Crippen MR) is 130 cm³/mol. The Morgan fingerprint density at radius 1 is 1.03 bits per heavy atom. The van der Waals surface area contributed by atoms with Gasteiger partial charge in [-0.2, -0.15) is 0 Å². The SMILES string of the molecule is CCOc1ccc(C(=O)NC(C(=O)N2CCC(C(=O)N3CC(C)OC(C)C3)CC2)C(C)C)cc1. The van der Waals surface area contributed by atoms with Gasteiger partial charge < -0.3 is 24.6 Å². The van der Waals surface area contributed by atoms with Crippen LogP contribution in [0.1, 0.15) is 57.8 Å². The lowest BCUT2D eigenvalue weighted by molar-refractivity contribution is -0.150. The summed E-state index contributed by atoms with van der Waals surface area (Å²) in [5, 5.41) is 2.92. The van der Waals surface area contributed by atoms with Crippen LogP contribution in [-0.2, 0) is 14.3 Å². The molecule has 2 aliphatic rings. The molecule has 3 atom stereocenters. The number of carbonyl (C=O) groups excluding carboxylic acids is 3. The maximum atomic E-state index is 13.3. The van der Waals surface area contributed by atoms with Gasteiger partial charge in [0.05, 0.1) is 18.8 Å². The van der Waals surface area contributed by atoms with Gasteiger partial charge in [-0.25, -0.2) is 0 Å². The van der Waals surface area contributed by atoms with Crippen molar-refractivity contribution >= 4 is 17.7 Å². The van der Waals surface area contributed by atoms with Crippen molar-refractivity contribution in [2.45, 2.75) is 65.7 Å². The zero-order chi connectivity index (χ0) is 24.8. The van der Waals surface area contributed by atoms with Crippen LogP contribution in [0.25, 0.3) is 0 Å². The summed E-state index contributed by atoms with van der Waals surface area (Å²) < 4.78 is 11.2. The molecule has 2 aliphatic heterocycles. The molecule has 0 spiro atoms. The van der Waals surface area contributed by atoms with Gasteiger partial charge >= 0.3 is 0 Å². The summed E-state index contributed by atoms with van der Waals surface area (Å²) in [5.41, 5.74) is 0.486. The van der Waals surface area contributed by atoms with Crippen LogP contribution in [0.5, 0.6) is 5.75 Å². The second-order valence-corrected chi connectivity index (χ2v) is 9.75. The summed E-state index contributed by atoms with van der Waals surface area (Å²) in [7, 11) is 0. The molecule has 3 amide bonds. The first-order chi connectivity index (χ1) is 16.2. The first kappa shape index (κ1) is 26.0. The van der Waals surface area contributed by atoms with Crippen LogP contribution >= 0.6 is 0 Å². The highest BCUT2D eigenvalue weighted by Gasteiger charge is 2.36. The van der Waals surface area contributed by atoms with Gasteiger partial charge in [0, 0.05) is 37.7 Å². The van der Waals surface area contributed by atoms with Crippen molar-refractivity contribution < 1.29 is 23.9 Å². The molecule has 0 aromatic heterocycles. The van der Waals surface area contributed by atoms with Crippen LogP contribution in [0.4, 0.5) is 0 Å². The minimum Gasteiger partial charge on any atom is -0.494 e. The molecule has 3 rings (SSSR count). The van der Waals surface area contributed by atoms with Crippen LogP contribution in [-0.4, -0.2) is 78.6 Å². The average Bonchev–Trinajstić information content (AvgIpc) is 2.81. The number of ether oxygens (including phenoxy) is 2. The van der Waals surface area contributed by atoms with Gasteiger partial charge in [0.25, 0.3) is 5.91 Å². The second-order valence-electron chi connectivity index (χ2n) is 9.75. The van der Waals surface area contributed by atoms with Gasteiger partial charge in [0.1, 0.15) is 11.8 Å². The molecule has 8 heteroatoms. The largest absolute Gasteiger partial charge is 0.494 e. The van der Waals surface area contributed by atoms with Crippen LogP contribution in [0, 0.1) is 11.8 Å². The van der Waals surface area contributed by atoms with Gasteiger partial charge in [-0.05, 0) is 63.8 Å². The summed E-state index contributed by atoms with van der Waals surface area (Å²) in [5.74, 6) is 0.365. The number of hydrogen-bond donors (Lipinski definition) is 1. The molecule has 8 nitrogen and oxygen atoms in total. The maximum Gasteiger partial charge on any atom is 0.251 e. The average molecular weight is 474 g/mol. The van der Waals surface area contributed by atoms with E-state index in [-0.39, 0.29) is 41.8 Å². The van der Waals surface area contributed by atoms with Crippen LogP contribution < -0.4 is 10.1 Å². The van der Waals surface area contributed by atoms with Gasteiger partial charge in [-0.3, -0.25) is 14.4 Å². The Bertz CT molecular complexity index is 838. The molecule has 1 N–H and O–H groups in total. The Kier molecular flexibility index (Phi) is 8.94. The second kappa shape index (κ2) is 11.7. The lowest BCUT2D eigenvalue weighted by Crippen LogP contribution is -2.55. The molecule has 2 fully saturated rings. The first-order valence-corrected chi connectivity index (χ1v) is 12.5. The van der Waals surface area contributed by atoms with Crippen molar-refractivity contribution in [3.8, 4) is 5.75 Å². The monoisotopic (exact) mass is 473 g/mol. The smallest absolute Gasteiger partial charge is 0.251 e. The van der Waals surface area contributed by atoms with Crippen LogP contribution in [0.2, 0.25) is 0 Å². The predicted octanol–water partition coefficient (Wildman–Crippen LogP) is 2.71.